The fraction of sp³-hybridized carbons (Fsp3) is 0.333. The van der Waals surface area contributed by atoms with E-state index in [9.17, 15) is 14.7 Å². The summed E-state index contributed by atoms with van der Waals surface area (Å²) < 4.78 is 10.7. The van der Waals surface area contributed by atoms with Gasteiger partial charge < -0.3 is 19.9 Å². The number of carboxylic acids is 1. The van der Waals surface area contributed by atoms with Crippen LogP contribution in [0.3, 0.4) is 0 Å². The number of amides is 1. The molecule has 154 valence electrons. The lowest BCUT2D eigenvalue weighted by atomic mass is 9.90. The van der Waals surface area contributed by atoms with Crippen molar-refractivity contribution in [1.29, 1.82) is 0 Å². The second-order valence-corrected chi connectivity index (χ2v) is 7.24. The van der Waals surface area contributed by atoms with E-state index in [1.807, 2.05) is 17.0 Å². The molecule has 1 heterocycles. The topological polar surface area (TPSA) is 88.1 Å². The van der Waals surface area contributed by atoms with E-state index in [-0.39, 0.29) is 18.9 Å². The van der Waals surface area contributed by atoms with Crippen molar-refractivity contribution < 1.29 is 24.2 Å². The van der Waals surface area contributed by atoms with Crippen molar-refractivity contribution in [2.45, 2.75) is 18.9 Å². The molecular formula is C21H23ClN2O5. The highest BCUT2D eigenvalue weighted by Crippen LogP contribution is 2.39. The minimum Gasteiger partial charge on any atom is -0.493 e. The number of carboxylic acid groups (broad SMARTS) is 1. The van der Waals surface area contributed by atoms with Crippen molar-refractivity contribution in [2.24, 2.45) is 0 Å². The van der Waals surface area contributed by atoms with Gasteiger partial charge in [0, 0.05) is 23.3 Å². The van der Waals surface area contributed by atoms with Gasteiger partial charge in [0.05, 0.1) is 27.2 Å². The lowest BCUT2D eigenvalue weighted by Crippen LogP contribution is -2.41. The molecule has 0 unspecified atom stereocenters. The monoisotopic (exact) mass is 418 g/mol. The summed E-state index contributed by atoms with van der Waals surface area (Å²) in [4.78, 5) is 26.0. The second-order valence-electron chi connectivity index (χ2n) is 6.80. The van der Waals surface area contributed by atoms with Crippen molar-refractivity contribution in [2.75, 3.05) is 32.6 Å². The van der Waals surface area contributed by atoms with Gasteiger partial charge in [-0.05, 0) is 47.9 Å². The van der Waals surface area contributed by atoms with Crippen LogP contribution >= 0.6 is 11.6 Å². The number of methoxy groups -OCH3 is 2. The molecule has 0 radical (unpaired) electrons. The van der Waals surface area contributed by atoms with Crippen LogP contribution in [0.2, 0.25) is 5.02 Å². The van der Waals surface area contributed by atoms with E-state index < -0.39 is 12.0 Å². The van der Waals surface area contributed by atoms with E-state index in [1.54, 1.807) is 31.4 Å². The summed E-state index contributed by atoms with van der Waals surface area (Å²) in [5, 5.41) is 12.8. The lowest BCUT2D eigenvalue weighted by Gasteiger charge is -2.36. The minimum absolute atomic E-state index is 0.0677. The highest BCUT2D eigenvalue weighted by Gasteiger charge is 2.32. The number of hydrogen-bond donors (Lipinski definition) is 2. The van der Waals surface area contributed by atoms with Gasteiger partial charge in [-0.2, -0.15) is 0 Å². The maximum atomic E-state index is 12.6. The second kappa shape index (κ2) is 9.15. The maximum absolute atomic E-state index is 12.6. The van der Waals surface area contributed by atoms with Gasteiger partial charge in [-0.1, -0.05) is 17.7 Å². The van der Waals surface area contributed by atoms with Crippen LogP contribution in [0.25, 0.3) is 0 Å². The molecule has 3 rings (SSSR count). The van der Waals surface area contributed by atoms with Crippen LogP contribution in [0.15, 0.2) is 36.4 Å². The van der Waals surface area contributed by atoms with E-state index in [4.69, 9.17) is 21.1 Å². The zero-order chi connectivity index (χ0) is 21.0. The summed E-state index contributed by atoms with van der Waals surface area (Å²) in [6, 6.07) is 10.1. The molecule has 0 spiro atoms. The largest absolute Gasteiger partial charge is 0.493 e. The highest BCUT2D eigenvalue weighted by molar-refractivity contribution is 6.30. The van der Waals surface area contributed by atoms with Gasteiger partial charge in [-0.25, -0.2) is 0 Å². The number of aliphatic carboxylic acids is 1. The summed E-state index contributed by atoms with van der Waals surface area (Å²) in [7, 11) is 3.10. The number of nitrogens with zero attached hydrogens (tertiary/aromatic N) is 1. The number of rotatable bonds is 7. The maximum Gasteiger partial charge on any atom is 0.305 e. The van der Waals surface area contributed by atoms with Gasteiger partial charge in [0.2, 0.25) is 5.91 Å². The highest BCUT2D eigenvalue weighted by atomic mass is 35.5. The molecule has 1 aliphatic rings. The van der Waals surface area contributed by atoms with Crippen molar-refractivity contribution >= 4 is 29.2 Å². The standard InChI is InChI=1S/C21H23ClN2O5/c1-28-18-8-13-6-7-24(12-20(25)23-15-5-3-4-14(22)9-15)17(11-21(26)27)16(13)10-19(18)29-2/h3-5,8-10,17H,6-7,11-12H2,1-2H3,(H,23,25)(H,26,27)/t17-/m0/s1. The Balaban J connectivity index is 1.83. The van der Waals surface area contributed by atoms with Gasteiger partial charge >= 0.3 is 5.97 Å². The average Bonchev–Trinajstić information content (AvgIpc) is 2.68. The molecule has 0 bridgehead atoms. The van der Waals surface area contributed by atoms with Crippen molar-refractivity contribution in [1.82, 2.24) is 4.90 Å². The molecule has 2 aromatic rings. The molecule has 1 atom stereocenters. The Morgan fingerprint density at radius 3 is 2.59 bits per heavy atom. The molecule has 2 N–H and O–H groups in total. The van der Waals surface area contributed by atoms with Crippen LogP contribution in [-0.4, -0.2) is 49.2 Å². The lowest BCUT2D eigenvalue weighted by molar-refractivity contribution is -0.139. The molecule has 7 nitrogen and oxygen atoms in total. The summed E-state index contributed by atoms with van der Waals surface area (Å²) in [5.74, 6) is -0.0243. The SMILES string of the molecule is COc1cc2c(cc1OC)[C@H](CC(=O)O)N(CC(=O)Nc1cccc(Cl)c1)CC2. The van der Waals surface area contributed by atoms with Gasteiger partial charge in [0.25, 0.3) is 0 Å². The van der Waals surface area contributed by atoms with Crippen LogP contribution in [0.5, 0.6) is 11.5 Å². The van der Waals surface area contributed by atoms with Gasteiger partial charge in [0.15, 0.2) is 11.5 Å². The first kappa shape index (κ1) is 21.0. The van der Waals surface area contributed by atoms with Crippen LogP contribution in [0.4, 0.5) is 5.69 Å². The number of halogens is 1. The normalized spacial score (nSPS) is 16.0. The van der Waals surface area contributed by atoms with E-state index >= 15 is 0 Å². The number of ether oxygens (including phenoxy) is 2. The molecule has 1 aliphatic heterocycles. The number of fused-ring (bicyclic) bond motifs is 1. The van der Waals surface area contributed by atoms with Crippen LogP contribution in [0.1, 0.15) is 23.6 Å². The van der Waals surface area contributed by atoms with Crippen LogP contribution in [-0.2, 0) is 16.0 Å². The van der Waals surface area contributed by atoms with E-state index in [1.165, 1.54) is 7.11 Å². The molecule has 0 saturated carbocycles. The van der Waals surface area contributed by atoms with Crippen molar-refractivity contribution in [3.8, 4) is 11.5 Å². The third kappa shape index (κ3) is 4.99. The van der Waals surface area contributed by atoms with E-state index in [0.717, 1.165) is 11.1 Å². The molecule has 1 amide bonds. The average molecular weight is 419 g/mol. The van der Waals surface area contributed by atoms with Gasteiger partial charge in [-0.3, -0.25) is 14.5 Å². The number of hydrogen-bond acceptors (Lipinski definition) is 5. The molecule has 8 heteroatoms. The minimum atomic E-state index is -0.933. The predicted molar refractivity (Wildman–Crippen MR) is 110 cm³/mol. The first-order valence-electron chi connectivity index (χ1n) is 9.17. The molecule has 0 saturated heterocycles. The third-order valence-corrected chi connectivity index (χ3v) is 5.17. The van der Waals surface area contributed by atoms with Crippen LogP contribution < -0.4 is 14.8 Å². The summed E-state index contributed by atoms with van der Waals surface area (Å²) in [5.41, 5.74) is 2.44. The van der Waals surface area contributed by atoms with Crippen molar-refractivity contribution in [3.05, 3.63) is 52.5 Å². The van der Waals surface area contributed by atoms with E-state index in [2.05, 4.69) is 5.32 Å². The van der Waals surface area contributed by atoms with E-state index in [0.29, 0.717) is 35.2 Å². The Morgan fingerprint density at radius 1 is 1.21 bits per heavy atom. The third-order valence-electron chi connectivity index (χ3n) is 4.94. The molecule has 0 aromatic heterocycles. The zero-order valence-corrected chi connectivity index (χ0v) is 17.0. The first-order valence-corrected chi connectivity index (χ1v) is 9.55. The Labute approximate surface area is 174 Å². The molecule has 0 aliphatic carbocycles. The summed E-state index contributed by atoms with van der Waals surface area (Å²) in [6.45, 7) is 0.627. The molecule has 2 aromatic carbocycles. The molecule has 29 heavy (non-hydrogen) atoms. The van der Waals surface area contributed by atoms with Gasteiger partial charge in [-0.15, -0.1) is 0 Å². The first-order chi connectivity index (χ1) is 13.9. The number of benzene rings is 2. The van der Waals surface area contributed by atoms with Crippen LogP contribution in [0, 0.1) is 0 Å². The summed E-state index contributed by atoms with van der Waals surface area (Å²) >= 11 is 5.96. The Kier molecular flexibility index (Phi) is 6.61. The fourth-order valence-electron chi connectivity index (χ4n) is 3.63. The quantitative estimate of drug-likeness (QED) is 0.716. The molecule has 0 fully saturated rings. The Morgan fingerprint density at radius 2 is 1.93 bits per heavy atom. The Hall–Kier alpha value is -2.77. The number of nitrogens with one attached hydrogen (secondary N) is 1. The van der Waals surface area contributed by atoms with Gasteiger partial charge in [0.1, 0.15) is 0 Å². The number of anilines is 1. The smallest absolute Gasteiger partial charge is 0.305 e. The number of carbonyl (C=O) groups is 2. The number of carbonyl (C=O) groups excluding carboxylic acids is 1. The van der Waals surface area contributed by atoms with Crippen molar-refractivity contribution in [3.63, 3.8) is 0 Å². The zero-order valence-electron chi connectivity index (χ0n) is 16.3. The summed E-state index contributed by atoms with van der Waals surface area (Å²) in [6.07, 6.45) is 0.559. The molecular weight excluding hydrogens is 396 g/mol. The predicted octanol–water partition coefficient (Wildman–Crippen LogP) is 3.37. The Bertz CT molecular complexity index is 918. The fourth-order valence-corrected chi connectivity index (χ4v) is 3.82.